The minimum Gasteiger partial charge on any atom is -0.395 e. The number of aromatic nitrogens is 2. The van der Waals surface area contributed by atoms with Crippen molar-refractivity contribution in [2.24, 2.45) is 23.7 Å². The molecular weight excluding hydrogens is 1010 g/mol. The van der Waals surface area contributed by atoms with Crippen LogP contribution in [-0.4, -0.2) is 86.5 Å². The fourth-order valence-corrected chi connectivity index (χ4v) is 31.7. The van der Waals surface area contributed by atoms with Gasteiger partial charge in [0, 0.05) is 5.92 Å². The minimum absolute atomic E-state index is 0.0430. The van der Waals surface area contributed by atoms with Crippen LogP contribution in [0.5, 0.6) is 0 Å². The Morgan fingerprint density at radius 2 is 0.867 bits per heavy atom. The smallest absolute Gasteiger partial charge is 0.329 e. The molecule has 394 valence electrons. The largest absolute Gasteiger partial charge is 0.395 e. The Bertz CT molecular complexity index is 3130. The molecule has 4 N–H and O–H groups in total. The molecule has 6 aromatic carbocycles. The highest BCUT2D eigenvalue weighted by Gasteiger charge is 2.82. The van der Waals surface area contributed by atoms with Crippen molar-refractivity contribution in [3.8, 4) is 0 Å². The Labute approximate surface area is 444 Å². The highest BCUT2D eigenvalue weighted by atomic mass is 32.2. The van der Waals surface area contributed by atoms with Crippen LogP contribution in [0.2, 0.25) is 18.1 Å². The summed E-state index contributed by atoms with van der Waals surface area (Å²) < 4.78 is 55.1. The molecule has 1 heterocycles. The Morgan fingerprint density at radius 1 is 0.560 bits per heavy atom. The number of nitrogens with one attached hydrogen (secondary N) is 1. The van der Waals surface area contributed by atoms with Crippen molar-refractivity contribution in [1.82, 2.24) is 9.55 Å². The molecule has 1 fully saturated rings. The summed E-state index contributed by atoms with van der Waals surface area (Å²) in [6.07, 6.45) is 1.23. The number of rotatable bonds is 21. The summed E-state index contributed by atoms with van der Waals surface area (Å²) in [7, 11) is -16.8. The Balaban J connectivity index is 1.66. The summed E-state index contributed by atoms with van der Waals surface area (Å²) in [6.45, 7) is 12.3. The molecule has 0 aliphatic heterocycles. The quantitative estimate of drug-likeness (QED) is 0.0538. The molecule has 0 spiro atoms. The number of aliphatic hydroxyl groups is 3. The second-order valence-electron chi connectivity index (χ2n) is 22.1. The van der Waals surface area contributed by atoms with Crippen LogP contribution in [0.15, 0.2) is 198 Å². The highest BCUT2D eigenvalue weighted by Crippen LogP contribution is 2.64. The maximum Gasteiger partial charge on any atom is 0.329 e. The van der Waals surface area contributed by atoms with E-state index in [9.17, 15) is 15.0 Å². The highest BCUT2D eigenvalue weighted by molar-refractivity contribution is 7.86. The zero-order chi connectivity index (χ0) is 54.0. The number of nitrogens with zero attached hydrogens (tertiary/aromatic N) is 1. The summed E-state index contributed by atoms with van der Waals surface area (Å²) in [5.74, 6) is -3.14. The van der Waals surface area contributed by atoms with E-state index >= 15 is 22.7 Å². The van der Waals surface area contributed by atoms with E-state index in [2.05, 4.69) is 18.8 Å². The molecule has 8 rings (SSSR count). The van der Waals surface area contributed by atoms with Crippen molar-refractivity contribution in [1.29, 1.82) is 0 Å². The standard InChI is InChI=1S/C60H71FN2O8SSi3/c1-43(2)40-73(46-26-14-8-15-27-46,47-28-16-9-17-29-47)55(65)52-38-59(63-39-53(61)54(64)62-58(63)68,56(66)74(41-44(3)4,48-30-18-10-19-31-48)49-32-20-11-21-33-49)60(52,71-72(7,69)70)57(67)75(42-45(5)6,50-34-22-12-23-35-50)51-36-24-13-25-37-51/h8-37,39,43-45,52,55-57,65-67H,38,40-42H2,1-7H3,(H,62,64,68). The first kappa shape index (κ1) is 55.6. The van der Waals surface area contributed by atoms with E-state index in [0.717, 1.165) is 37.8 Å². The van der Waals surface area contributed by atoms with Gasteiger partial charge in [0.15, 0.2) is 16.1 Å². The average molecular weight is 1080 g/mol. The third-order valence-corrected chi connectivity index (χ3v) is 33.3. The molecule has 0 amide bonds. The molecule has 0 bridgehead atoms. The van der Waals surface area contributed by atoms with E-state index in [0.29, 0.717) is 28.5 Å². The van der Waals surface area contributed by atoms with Gasteiger partial charge in [-0.05, 0) is 42.3 Å². The van der Waals surface area contributed by atoms with Crippen LogP contribution in [0.4, 0.5) is 4.39 Å². The summed E-state index contributed by atoms with van der Waals surface area (Å²) >= 11 is 0. The first-order chi connectivity index (χ1) is 35.7. The summed E-state index contributed by atoms with van der Waals surface area (Å²) in [5, 5.41) is 49.0. The van der Waals surface area contributed by atoms with Crippen molar-refractivity contribution in [3.05, 3.63) is 215 Å². The van der Waals surface area contributed by atoms with Gasteiger partial charge in [-0.3, -0.25) is 18.5 Å². The van der Waals surface area contributed by atoms with Gasteiger partial charge in [-0.1, -0.05) is 255 Å². The molecule has 10 nitrogen and oxygen atoms in total. The van der Waals surface area contributed by atoms with Crippen LogP contribution < -0.4 is 42.4 Å². The maximum atomic E-state index is 16.8. The molecule has 1 aliphatic carbocycles. The van der Waals surface area contributed by atoms with E-state index in [1.807, 2.05) is 210 Å². The Hall–Kier alpha value is -5.63. The molecule has 7 aromatic rings. The lowest BCUT2D eigenvalue weighted by atomic mass is 9.55. The van der Waals surface area contributed by atoms with Crippen molar-refractivity contribution >= 4 is 65.5 Å². The lowest BCUT2D eigenvalue weighted by molar-refractivity contribution is -0.257. The topological polar surface area (TPSA) is 159 Å². The monoisotopic (exact) mass is 1080 g/mol. The molecule has 75 heavy (non-hydrogen) atoms. The second kappa shape index (κ2) is 22.1. The zero-order valence-corrected chi connectivity index (χ0v) is 47.7. The predicted molar refractivity (Wildman–Crippen MR) is 307 cm³/mol. The molecule has 1 saturated carbocycles. The zero-order valence-electron chi connectivity index (χ0n) is 43.9. The number of hydrogen-bond donors (Lipinski definition) is 4. The van der Waals surface area contributed by atoms with Crippen LogP contribution in [0.3, 0.4) is 0 Å². The van der Waals surface area contributed by atoms with Gasteiger partial charge < -0.3 is 15.3 Å². The van der Waals surface area contributed by atoms with Crippen molar-refractivity contribution in [3.63, 3.8) is 0 Å². The molecule has 6 atom stereocenters. The molecule has 0 radical (unpaired) electrons. The van der Waals surface area contributed by atoms with Crippen LogP contribution in [0, 0.1) is 29.5 Å². The Morgan fingerprint density at radius 3 is 1.19 bits per heavy atom. The van der Waals surface area contributed by atoms with Gasteiger partial charge in [0.05, 0.1) is 29.6 Å². The summed E-state index contributed by atoms with van der Waals surface area (Å²) in [4.78, 5) is 30.9. The number of benzene rings is 6. The van der Waals surface area contributed by atoms with Crippen molar-refractivity contribution in [2.45, 2.75) is 94.4 Å². The molecular formula is C60H71FN2O8SSi3. The first-order valence-corrected chi connectivity index (χ1v) is 34.7. The second-order valence-corrected chi connectivity index (χ2v) is 35.9. The molecule has 0 saturated heterocycles. The first-order valence-electron chi connectivity index (χ1n) is 26.0. The summed E-state index contributed by atoms with van der Waals surface area (Å²) in [5.41, 5.74) is -13.0. The van der Waals surface area contributed by atoms with Crippen molar-refractivity contribution in [2.75, 3.05) is 6.26 Å². The normalized spacial score (nSPS) is 19.7. The van der Waals surface area contributed by atoms with Crippen LogP contribution >= 0.6 is 0 Å². The number of H-pyrrole nitrogens is 1. The van der Waals surface area contributed by atoms with Gasteiger partial charge in [0.1, 0.15) is 19.2 Å². The minimum atomic E-state index is -4.86. The summed E-state index contributed by atoms with van der Waals surface area (Å²) in [6, 6.07) is 58.2. The van der Waals surface area contributed by atoms with Crippen LogP contribution in [0.1, 0.15) is 48.0 Å². The van der Waals surface area contributed by atoms with Gasteiger partial charge in [-0.2, -0.15) is 12.8 Å². The lowest BCUT2D eigenvalue weighted by Crippen LogP contribution is -2.93. The van der Waals surface area contributed by atoms with Gasteiger partial charge in [-0.25, -0.2) is 4.79 Å². The van der Waals surface area contributed by atoms with Gasteiger partial charge >= 0.3 is 5.69 Å². The fraction of sp³-hybridized carbons (Fsp3) is 0.333. The predicted octanol–water partition coefficient (Wildman–Crippen LogP) is 5.56. The SMILES string of the molecule is CC(C)C[Si](c1ccccc1)(c1ccccc1)C(O)C1CC(C(O)[Si](CC(C)C)(c2ccccc2)c2ccccc2)(n2cc(F)c(=O)[nH]c2=O)C1(OS(C)(=O)=O)C(O)[Si](CC(C)C)(c1ccccc1)c1ccccc1. The van der Waals surface area contributed by atoms with Gasteiger partial charge in [0.2, 0.25) is 5.82 Å². The van der Waals surface area contributed by atoms with Crippen LogP contribution in [-0.2, 0) is 19.8 Å². The Kier molecular flexibility index (Phi) is 16.4. The molecule has 15 heteroatoms. The lowest BCUT2D eigenvalue weighted by Gasteiger charge is -2.71. The fourth-order valence-electron chi connectivity index (χ4n) is 13.5. The molecule has 1 aliphatic rings. The third kappa shape index (κ3) is 9.79. The van der Waals surface area contributed by atoms with Crippen LogP contribution in [0.25, 0.3) is 0 Å². The number of hydrogen-bond acceptors (Lipinski definition) is 8. The van der Waals surface area contributed by atoms with Gasteiger partial charge in [-0.15, -0.1) is 0 Å². The van der Waals surface area contributed by atoms with E-state index in [4.69, 9.17) is 4.18 Å². The van der Waals surface area contributed by atoms with E-state index < -0.39 is 92.1 Å². The molecule has 6 unspecified atom stereocenters. The van der Waals surface area contributed by atoms with E-state index in [1.165, 1.54) is 0 Å². The van der Waals surface area contributed by atoms with E-state index in [-0.39, 0.29) is 17.8 Å². The number of halogens is 1. The molecule has 1 aromatic heterocycles. The van der Waals surface area contributed by atoms with E-state index in [1.54, 1.807) is 0 Å². The maximum absolute atomic E-state index is 16.8. The average Bonchev–Trinajstić information content (AvgIpc) is 3.41. The van der Waals surface area contributed by atoms with Crippen molar-refractivity contribution < 1.29 is 32.3 Å². The van der Waals surface area contributed by atoms with Gasteiger partial charge in [0.25, 0.3) is 15.7 Å². The third-order valence-electron chi connectivity index (χ3n) is 16.0. The number of aromatic amines is 1. The number of aliphatic hydroxyl groups excluding tert-OH is 3.